The van der Waals surface area contributed by atoms with Gasteiger partial charge in [0, 0.05) is 11.8 Å². The predicted octanol–water partition coefficient (Wildman–Crippen LogP) is 5.13. The minimum absolute atomic E-state index is 0.0240. The summed E-state index contributed by atoms with van der Waals surface area (Å²) >= 11 is 1.17. The number of aromatic nitrogens is 3. The molecule has 0 radical (unpaired) electrons. The van der Waals surface area contributed by atoms with Crippen LogP contribution in [0, 0.1) is 0 Å². The Hall–Kier alpha value is -4.50. The number of nitrogens with one attached hydrogen (secondary N) is 2. The first-order chi connectivity index (χ1) is 18.1. The summed E-state index contributed by atoms with van der Waals surface area (Å²) in [5.74, 6) is 0.843. The van der Waals surface area contributed by atoms with Crippen molar-refractivity contribution in [2.45, 2.75) is 5.16 Å². The number of hydrogen-bond acceptors (Lipinski definition) is 6. The lowest BCUT2D eigenvalue weighted by molar-refractivity contribution is -0.113. The number of rotatable bonds is 8. The maximum atomic E-state index is 13.8. The van der Waals surface area contributed by atoms with Gasteiger partial charge in [-0.3, -0.25) is 9.59 Å². The Kier molecular flexibility index (Phi) is 6.96. The molecule has 0 saturated carbocycles. The number of nitrogens with zero attached hydrogens (tertiary/aromatic N) is 2. The van der Waals surface area contributed by atoms with Gasteiger partial charge in [-0.15, -0.1) is 0 Å². The van der Waals surface area contributed by atoms with Crippen LogP contribution in [-0.4, -0.2) is 40.4 Å². The quantitative estimate of drug-likeness (QED) is 0.221. The number of methoxy groups -OCH3 is 2. The van der Waals surface area contributed by atoms with Gasteiger partial charge in [-0.1, -0.05) is 66.4 Å². The second-order valence-corrected chi connectivity index (χ2v) is 8.98. The summed E-state index contributed by atoms with van der Waals surface area (Å²) in [7, 11) is 3.09. The normalized spacial score (nSPS) is 10.9. The molecule has 9 heteroatoms. The van der Waals surface area contributed by atoms with E-state index in [9.17, 15) is 9.59 Å². The van der Waals surface area contributed by atoms with E-state index in [-0.39, 0.29) is 17.2 Å². The van der Waals surface area contributed by atoms with E-state index in [0.717, 1.165) is 11.1 Å². The van der Waals surface area contributed by atoms with E-state index in [1.165, 1.54) is 16.3 Å². The average Bonchev–Trinajstić information content (AvgIpc) is 3.37. The summed E-state index contributed by atoms with van der Waals surface area (Å²) in [6.07, 6.45) is 1.78. The van der Waals surface area contributed by atoms with Gasteiger partial charge in [-0.25, -0.2) is 9.55 Å². The van der Waals surface area contributed by atoms with Gasteiger partial charge in [0.2, 0.25) is 5.91 Å². The summed E-state index contributed by atoms with van der Waals surface area (Å²) < 4.78 is 12.3. The van der Waals surface area contributed by atoms with Crippen LogP contribution in [0.1, 0.15) is 0 Å². The predicted molar refractivity (Wildman–Crippen MR) is 146 cm³/mol. The van der Waals surface area contributed by atoms with Gasteiger partial charge in [-0.2, -0.15) is 0 Å². The molecule has 2 heterocycles. The van der Waals surface area contributed by atoms with Crippen molar-refractivity contribution < 1.29 is 14.3 Å². The zero-order valence-corrected chi connectivity index (χ0v) is 21.0. The van der Waals surface area contributed by atoms with Crippen LogP contribution in [-0.2, 0) is 4.79 Å². The molecule has 5 aromatic rings. The number of aromatic amines is 1. The first kappa shape index (κ1) is 24.2. The van der Waals surface area contributed by atoms with Gasteiger partial charge in [0.05, 0.1) is 31.3 Å². The highest BCUT2D eigenvalue weighted by Gasteiger charge is 2.20. The first-order valence-corrected chi connectivity index (χ1v) is 12.5. The number of anilines is 1. The van der Waals surface area contributed by atoms with Gasteiger partial charge < -0.3 is 19.8 Å². The second kappa shape index (κ2) is 10.6. The third kappa shape index (κ3) is 4.81. The molecule has 0 aliphatic carbocycles. The molecule has 0 spiro atoms. The van der Waals surface area contributed by atoms with Crippen LogP contribution in [0.2, 0.25) is 0 Å². The van der Waals surface area contributed by atoms with Gasteiger partial charge in [0.25, 0.3) is 5.56 Å². The lowest BCUT2D eigenvalue weighted by Gasteiger charge is -2.15. The van der Waals surface area contributed by atoms with Crippen molar-refractivity contribution in [3.8, 4) is 28.3 Å². The topological polar surface area (TPSA) is 98.2 Å². The molecule has 0 aliphatic rings. The van der Waals surface area contributed by atoms with E-state index in [1.807, 2.05) is 54.6 Å². The van der Waals surface area contributed by atoms with Crippen molar-refractivity contribution in [2.75, 3.05) is 25.3 Å². The largest absolute Gasteiger partial charge is 0.495 e. The minimum atomic E-state index is -0.288. The Bertz CT molecular complexity index is 1630. The molecule has 0 bridgehead atoms. The van der Waals surface area contributed by atoms with Crippen LogP contribution >= 0.6 is 11.8 Å². The lowest BCUT2D eigenvalue weighted by atomic mass is 10.1. The molecule has 8 nitrogen and oxygen atoms in total. The smallest absolute Gasteiger partial charge is 0.283 e. The van der Waals surface area contributed by atoms with E-state index in [1.54, 1.807) is 44.7 Å². The molecule has 186 valence electrons. The molecule has 0 saturated heterocycles. The Morgan fingerprint density at radius 2 is 1.62 bits per heavy atom. The standard InChI is InChI=1S/C28H24N4O4S/c1-35-22-14-8-6-12-20(22)30-24(33)17-37-28-31-25-19(18-10-4-3-5-11-18)16-29-26(25)27(34)32(28)21-13-7-9-15-23(21)36-2/h3-16,29H,17H2,1-2H3,(H,30,33). The van der Waals surface area contributed by atoms with E-state index >= 15 is 0 Å². The van der Waals surface area contributed by atoms with Crippen molar-refractivity contribution in [1.29, 1.82) is 0 Å². The second-order valence-electron chi connectivity index (χ2n) is 8.04. The molecule has 0 aliphatic heterocycles. The van der Waals surface area contributed by atoms with Crippen LogP contribution in [0.4, 0.5) is 5.69 Å². The van der Waals surface area contributed by atoms with E-state index < -0.39 is 0 Å². The average molecular weight is 513 g/mol. The lowest BCUT2D eigenvalue weighted by Crippen LogP contribution is -2.23. The number of amides is 1. The van der Waals surface area contributed by atoms with Crippen molar-refractivity contribution in [3.63, 3.8) is 0 Å². The number of thioether (sulfide) groups is 1. The monoisotopic (exact) mass is 512 g/mol. The van der Waals surface area contributed by atoms with Gasteiger partial charge in [-0.05, 0) is 29.8 Å². The van der Waals surface area contributed by atoms with Crippen LogP contribution in [0.3, 0.4) is 0 Å². The highest BCUT2D eigenvalue weighted by molar-refractivity contribution is 7.99. The number of fused-ring (bicyclic) bond motifs is 1. The van der Waals surface area contributed by atoms with Crippen LogP contribution in [0.5, 0.6) is 11.5 Å². The molecular formula is C28H24N4O4S. The third-order valence-corrected chi connectivity index (χ3v) is 6.73. The number of carbonyl (C=O) groups is 1. The number of H-pyrrole nitrogens is 1. The van der Waals surface area contributed by atoms with Gasteiger partial charge in [0.15, 0.2) is 5.16 Å². The zero-order valence-electron chi connectivity index (χ0n) is 20.2. The molecule has 0 atom stereocenters. The van der Waals surface area contributed by atoms with Crippen LogP contribution in [0.15, 0.2) is 95.0 Å². The van der Waals surface area contributed by atoms with E-state index in [4.69, 9.17) is 14.5 Å². The molecule has 1 amide bonds. The maximum Gasteiger partial charge on any atom is 0.283 e. The third-order valence-electron chi connectivity index (χ3n) is 5.79. The zero-order chi connectivity index (χ0) is 25.8. The summed E-state index contributed by atoms with van der Waals surface area (Å²) in [5, 5.41) is 3.24. The number of ether oxygens (including phenoxy) is 2. The fourth-order valence-electron chi connectivity index (χ4n) is 4.07. The Balaban J connectivity index is 1.58. The number of benzene rings is 3. The summed E-state index contributed by atoms with van der Waals surface area (Å²) in [6, 6.07) is 24.1. The van der Waals surface area contributed by atoms with Crippen molar-refractivity contribution >= 4 is 34.4 Å². The maximum absolute atomic E-state index is 13.8. The number of carbonyl (C=O) groups excluding carboxylic acids is 1. The summed E-state index contributed by atoms with van der Waals surface area (Å²) in [5.41, 5.74) is 3.46. The number of para-hydroxylation sites is 4. The Morgan fingerprint density at radius 1 is 0.946 bits per heavy atom. The molecule has 0 fully saturated rings. The van der Waals surface area contributed by atoms with Crippen molar-refractivity contribution in [1.82, 2.24) is 14.5 Å². The van der Waals surface area contributed by atoms with E-state index in [2.05, 4.69) is 10.3 Å². The molecule has 3 aromatic carbocycles. The molecular weight excluding hydrogens is 488 g/mol. The molecule has 2 N–H and O–H groups in total. The first-order valence-electron chi connectivity index (χ1n) is 11.5. The van der Waals surface area contributed by atoms with E-state index in [0.29, 0.717) is 39.1 Å². The molecule has 0 unspecified atom stereocenters. The fraction of sp³-hybridized carbons (Fsp3) is 0.107. The fourth-order valence-corrected chi connectivity index (χ4v) is 4.86. The Morgan fingerprint density at radius 3 is 2.38 bits per heavy atom. The molecule has 5 rings (SSSR count). The summed E-state index contributed by atoms with van der Waals surface area (Å²) in [6.45, 7) is 0. The SMILES string of the molecule is COc1ccccc1NC(=O)CSc1nc2c(-c3ccccc3)c[nH]c2c(=O)n1-c1ccccc1OC. The highest BCUT2D eigenvalue weighted by atomic mass is 32.2. The van der Waals surface area contributed by atoms with Crippen molar-refractivity contribution in [3.05, 3.63) is 95.4 Å². The number of hydrogen-bond donors (Lipinski definition) is 2. The van der Waals surface area contributed by atoms with Gasteiger partial charge in [0.1, 0.15) is 22.5 Å². The molecule has 37 heavy (non-hydrogen) atoms. The van der Waals surface area contributed by atoms with Crippen LogP contribution in [0.25, 0.3) is 27.8 Å². The van der Waals surface area contributed by atoms with Crippen LogP contribution < -0.4 is 20.3 Å². The minimum Gasteiger partial charge on any atom is -0.495 e. The van der Waals surface area contributed by atoms with Crippen molar-refractivity contribution in [2.24, 2.45) is 0 Å². The summed E-state index contributed by atoms with van der Waals surface area (Å²) in [4.78, 5) is 34.6. The highest BCUT2D eigenvalue weighted by Crippen LogP contribution is 2.31. The molecule has 2 aromatic heterocycles. The Labute approximate surface area is 217 Å². The van der Waals surface area contributed by atoms with Gasteiger partial charge >= 0.3 is 0 Å².